The molecule has 4 rings (SSSR count). The molecule has 1 aliphatic rings. The van der Waals surface area contributed by atoms with E-state index in [1.807, 2.05) is 24.3 Å². The number of ether oxygens (including phenoxy) is 1. The van der Waals surface area contributed by atoms with Crippen molar-refractivity contribution >= 4 is 22.6 Å². The summed E-state index contributed by atoms with van der Waals surface area (Å²) >= 11 is 0. The van der Waals surface area contributed by atoms with E-state index in [1.54, 1.807) is 17.0 Å². The van der Waals surface area contributed by atoms with Crippen molar-refractivity contribution in [3.63, 3.8) is 0 Å². The lowest BCUT2D eigenvalue weighted by atomic mass is 9.99. The summed E-state index contributed by atoms with van der Waals surface area (Å²) in [6.45, 7) is 0.244. The Morgan fingerprint density at radius 3 is 2.85 bits per heavy atom. The maximum Gasteiger partial charge on any atom is 0.336 e. The maximum absolute atomic E-state index is 13.5. The topological polar surface area (TPSA) is 80.0 Å². The molecule has 3 aromatic rings. The lowest BCUT2D eigenvalue weighted by molar-refractivity contribution is 0.0982. The second kappa shape index (κ2) is 6.89. The molecule has 0 unspecified atom stereocenters. The highest BCUT2D eigenvalue weighted by Crippen LogP contribution is 2.34. The summed E-state index contributed by atoms with van der Waals surface area (Å²) in [4.78, 5) is 27.2. The van der Waals surface area contributed by atoms with Crippen LogP contribution in [0.15, 0.2) is 51.7 Å². The Hall–Kier alpha value is -3.12. The van der Waals surface area contributed by atoms with Crippen LogP contribution in [0, 0.1) is 0 Å². The number of fused-ring (bicyclic) bond motifs is 2. The van der Waals surface area contributed by atoms with Gasteiger partial charge in [-0.15, -0.1) is 0 Å². The maximum atomic E-state index is 13.5. The van der Waals surface area contributed by atoms with Gasteiger partial charge < -0.3 is 19.2 Å². The van der Waals surface area contributed by atoms with Crippen molar-refractivity contribution in [2.75, 3.05) is 18.6 Å². The molecule has 1 aromatic heterocycles. The van der Waals surface area contributed by atoms with Crippen LogP contribution in [0.4, 0.5) is 5.69 Å². The molecule has 27 heavy (non-hydrogen) atoms. The number of para-hydroxylation sites is 1. The van der Waals surface area contributed by atoms with Crippen molar-refractivity contribution in [3.8, 4) is 5.75 Å². The van der Waals surface area contributed by atoms with Crippen LogP contribution in [0.3, 0.4) is 0 Å². The van der Waals surface area contributed by atoms with Gasteiger partial charge in [0.1, 0.15) is 11.3 Å². The molecule has 0 radical (unpaired) electrons. The first-order valence-corrected chi connectivity index (χ1v) is 8.78. The first kappa shape index (κ1) is 17.3. The minimum Gasteiger partial charge on any atom is -0.496 e. The van der Waals surface area contributed by atoms with Gasteiger partial charge in [0.25, 0.3) is 5.91 Å². The Bertz CT molecular complexity index is 1090. The number of hydrogen-bond acceptors (Lipinski definition) is 5. The van der Waals surface area contributed by atoms with E-state index < -0.39 is 5.63 Å². The summed E-state index contributed by atoms with van der Waals surface area (Å²) in [5.41, 5.74) is 2.09. The van der Waals surface area contributed by atoms with E-state index in [0.717, 1.165) is 24.1 Å². The summed E-state index contributed by atoms with van der Waals surface area (Å²) in [7, 11) is 1.47. The van der Waals surface area contributed by atoms with Crippen molar-refractivity contribution in [1.82, 2.24) is 0 Å². The van der Waals surface area contributed by atoms with Gasteiger partial charge in [0.2, 0.25) is 0 Å². The molecule has 1 N–H and O–H groups in total. The molecule has 1 aliphatic heterocycles. The zero-order chi connectivity index (χ0) is 19.0. The average molecular weight is 365 g/mol. The number of benzene rings is 2. The second-order valence-corrected chi connectivity index (χ2v) is 6.46. The zero-order valence-electron chi connectivity index (χ0n) is 14.9. The number of aliphatic hydroxyl groups is 1. The summed E-state index contributed by atoms with van der Waals surface area (Å²) in [6, 6.07) is 12.4. The third-order valence-electron chi connectivity index (χ3n) is 4.92. The number of hydrogen-bond donors (Lipinski definition) is 1. The molecule has 0 bridgehead atoms. The molecule has 6 nitrogen and oxygen atoms in total. The van der Waals surface area contributed by atoms with Gasteiger partial charge in [0.05, 0.1) is 13.7 Å². The number of carbonyl (C=O) groups is 1. The Kier molecular flexibility index (Phi) is 4.41. The SMILES string of the molecule is COc1ccc2c(CO)cc(=O)oc2c1C(=O)N1CCCc2ccccc21. The molecule has 0 atom stereocenters. The van der Waals surface area contributed by atoms with E-state index in [9.17, 15) is 14.7 Å². The molecule has 0 saturated heterocycles. The first-order valence-electron chi connectivity index (χ1n) is 8.78. The lowest BCUT2D eigenvalue weighted by Gasteiger charge is -2.30. The lowest BCUT2D eigenvalue weighted by Crippen LogP contribution is -2.35. The number of amides is 1. The molecular formula is C21H19NO5. The predicted octanol–water partition coefficient (Wildman–Crippen LogP) is 2.89. The van der Waals surface area contributed by atoms with Crippen LogP contribution < -0.4 is 15.3 Å². The van der Waals surface area contributed by atoms with Crippen molar-refractivity contribution < 1.29 is 19.1 Å². The fourth-order valence-electron chi connectivity index (χ4n) is 3.66. The van der Waals surface area contributed by atoms with Gasteiger partial charge in [-0.2, -0.15) is 0 Å². The molecule has 138 valence electrons. The van der Waals surface area contributed by atoms with Crippen LogP contribution in [0.1, 0.15) is 27.9 Å². The van der Waals surface area contributed by atoms with Gasteiger partial charge in [-0.1, -0.05) is 18.2 Å². The first-order chi connectivity index (χ1) is 13.1. The van der Waals surface area contributed by atoms with Crippen LogP contribution in [0.5, 0.6) is 5.75 Å². The molecule has 2 heterocycles. The van der Waals surface area contributed by atoms with E-state index in [-0.39, 0.29) is 23.7 Å². The zero-order valence-corrected chi connectivity index (χ0v) is 14.9. The van der Waals surface area contributed by atoms with Crippen molar-refractivity contribution in [2.45, 2.75) is 19.4 Å². The largest absolute Gasteiger partial charge is 0.496 e. The highest BCUT2D eigenvalue weighted by atomic mass is 16.5. The molecule has 0 aliphatic carbocycles. The van der Waals surface area contributed by atoms with Crippen LogP contribution in [0.2, 0.25) is 0 Å². The number of methoxy groups -OCH3 is 1. The third kappa shape index (κ3) is 2.88. The molecule has 2 aromatic carbocycles. The fourth-order valence-corrected chi connectivity index (χ4v) is 3.66. The summed E-state index contributed by atoms with van der Waals surface area (Å²) in [6.07, 6.45) is 1.76. The van der Waals surface area contributed by atoms with E-state index in [1.165, 1.54) is 13.2 Å². The van der Waals surface area contributed by atoms with Crippen LogP contribution in [0.25, 0.3) is 11.0 Å². The van der Waals surface area contributed by atoms with Crippen LogP contribution >= 0.6 is 0 Å². The monoisotopic (exact) mass is 365 g/mol. The molecule has 0 spiro atoms. The number of aryl methyl sites for hydroxylation is 1. The van der Waals surface area contributed by atoms with E-state index in [0.29, 0.717) is 23.2 Å². The van der Waals surface area contributed by atoms with E-state index >= 15 is 0 Å². The number of rotatable bonds is 3. The van der Waals surface area contributed by atoms with E-state index in [2.05, 4.69) is 0 Å². The van der Waals surface area contributed by atoms with Gasteiger partial charge in [-0.3, -0.25) is 4.79 Å². The van der Waals surface area contributed by atoms with Crippen LogP contribution in [-0.2, 0) is 13.0 Å². The summed E-state index contributed by atoms with van der Waals surface area (Å²) < 4.78 is 10.8. The van der Waals surface area contributed by atoms with E-state index in [4.69, 9.17) is 9.15 Å². The number of anilines is 1. The van der Waals surface area contributed by atoms with Gasteiger partial charge in [-0.05, 0) is 42.2 Å². The average Bonchev–Trinajstić information content (AvgIpc) is 2.71. The Morgan fingerprint density at radius 1 is 1.26 bits per heavy atom. The van der Waals surface area contributed by atoms with Gasteiger partial charge in [-0.25, -0.2) is 4.79 Å². The molecular weight excluding hydrogens is 346 g/mol. The van der Waals surface area contributed by atoms with Crippen LogP contribution in [-0.4, -0.2) is 24.7 Å². The minimum absolute atomic E-state index is 0.138. The molecule has 1 amide bonds. The fraction of sp³-hybridized carbons (Fsp3) is 0.238. The van der Waals surface area contributed by atoms with Gasteiger partial charge in [0.15, 0.2) is 5.58 Å². The van der Waals surface area contributed by atoms with Crippen molar-refractivity contribution in [2.24, 2.45) is 0 Å². The summed E-state index contributed by atoms with van der Waals surface area (Å²) in [5, 5.41) is 10.1. The van der Waals surface area contributed by atoms with Crippen molar-refractivity contribution in [1.29, 1.82) is 0 Å². The highest BCUT2D eigenvalue weighted by molar-refractivity contribution is 6.15. The smallest absolute Gasteiger partial charge is 0.336 e. The normalized spacial score (nSPS) is 13.5. The predicted molar refractivity (Wildman–Crippen MR) is 101 cm³/mol. The minimum atomic E-state index is -0.618. The Morgan fingerprint density at radius 2 is 2.07 bits per heavy atom. The second-order valence-electron chi connectivity index (χ2n) is 6.46. The molecule has 0 saturated carbocycles. The Balaban J connectivity index is 1.95. The standard InChI is InChI=1S/C21H19NO5/c1-26-17-9-8-15-14(12-23)11-18(24)27-20(15)19(17)21(25)22-10-4-6-13-5-2-3-7-16(13)22/h2-3,5,7-9,11,23H,4,6,10,12H2,1H3. The number of carbonyl (C=O) groups excluding carboxylic acids is 1. The molecule has 0 fully saturated rings. The van der Waals surface area contributed by atoms with Crippen molar-refractivity contribution in [3.05, 3.63) is 69.6 Å². The number of nitrogens with zero attached hydrogens (tertiary/aromatic N) is 1. The van der Waals surface area contributed by atoms with Gasteiger partial charge >= 0.3 is 5.63 Å². The summed E-state index contributed by atoms with van der Waals surface area (Å²) in [5.74, 6) is 0.0386. The highest BCUT2D eigenvalue weighted by Gasteiger charge is 2.28. The number of aliphatic hydroxyl groups excluding tert-OH is 1. The Labute approximate surface area is 155 Å². The van der Waals surface area contributed by atoms with Gasteiger partial charge in [0, 0.05) is 23.7 Å². The quantitative estimate of drug-likeness (QED) is 0.722. The third-order valence-corrected chi connectivity index (χ3v) is 4.92. The molecule has 6 heteroatoms.